The molecular weight excluding hydrogens is 358 g/mol. The molecule has 1 aromatic carbocycles. The molecule has 3 unspecified atom stereocenters. The van der Waals surface area contributed by atoms with Gasteiger partial charge in [0.05, 0.1) is 6.04 Å². The summed E-state index contributed by atoms with van der Waals surface area (Å²) in [5.74, 6) is -0.659. The number of amides is 1. The highest BCUT2D eigenvalue weighted by atomic mass is 16.5. The van der Waals surface area contributed by atoms with Crippen LogP contribution >= 0.6 is 0 Å². The number of carbonyl (C=O) groups excluding carboxylic acids is 2. The molecule has 7 heteroatoms. The Morgan fingerprint density at radius 2 is 1.89 bits per heavy atom. The Morgan fingerprint density at radius 1 is 1.21 bits per heavy atom. The van der Waals surface area contributed by atoms with Crippen LogP contribution in [0.1, 0.15) is 62.1 Å². The molecule has 28 heavy (non-hydrogen) atoms. The molecule has 0 aliphatic rings. The van der Waals surface area contributed by atoms with E-state index in [-0.39, 0.29) is 30.2 Å². The lowest BCUT2D eigenvalue weighted by molar-refractivity contribution is -0.148. The number of carbonyl (C=O) groups is 2. The lowest BCUT2D eigenvalue weighted by Crippen LogP contribution is -2.45. The lowest BCUT2D eigenvalue weighted by Gasteiger charge is -2.20. The number of oxazole rings is 1. The van der Waals surface area contributed by atoms with Gasteiger partial charge in [0, 0.05) is 0 Å². The first-order valence-corrected chi connectivity index (χ1v) is 9.55. The van der Waals surface area contributed by atoms with E-state index in [2.05, 4.69) is 10.3 Å². The van der Waals surface area contributed by atoms with Crippen LogP contribution in [0.5, 0.6) is 0 Å². The van der Waals surface area contributed by atoms with Crippen molar-refractivity contribution >= 4 is 11.9 Å². The molecule has 2 rings (SSSR count). The van der Waals surface area contributed by atoms with Crippen molar-refractivity contribution < 1.29 is 18.7 Å². The first-order chi connectivity index (χ1) is 13.3. The quantitative estimate of drug-likeness (QED) is 0.640. The van der Waals surface area contributed by atoms with E-state index >= 15 is 0 Å². The van der Waals surface area contributed by atoms with Gasteiger partial charge in [0.15, 0.2) is 5.69 Å². The van der Waals surface area contributed by atoms with E-state index in [9.17, 15) is 9.59 Å². The molecule has 1 heterocycles. The molecule has 7 nitrogen and oxygen atoms in total. The maximum Gasteiger partial charge on any atom is 0.329 e. The van der Waals surface area contributed by atoms with Gasteiger partial charge in [-0.3, -0.25) is 4.79 Å². The Hall–Kier alpha value is -2.67. The van der Waals surface area contributed by atoms with Crippen LogP contribution < -0.4 is 11.1 Å². The summed E-state index contributed by atoms with van der Waals surface area (Å²) in [6.07, 6.45) is 2.13. The number of benzene rings is 1. The zero-order valence-corrected chi connectivity index (χ0v) is 16.8. The standard InChI is InChI=1S/C21H29N3O4/c1-5-14(4)17(22)20-23-16(12-27-20)19(25)24-18(13(2)3)21(26)28-11-15-9-7-6-8-10-15/h6-10,12-14,17-18H,5,11,22H2,1-4H3,(H,24,25). The van der Waals surface area contributed by atoms with E-state index in [1.807, 2.05) is 58.0 Å². The molecule has 0 saturated heterocycles. The topological polar surface area (TPSA) is 107 Å². The highest BCUT2D eigenvalue weighted by Crippen LogP contribution is 2.21. The summed E-state index contributed by atoms with van der Waals surface area (Å²) in [7, 11) is 0. The SMILES string of the molecule is CCC(C)C(N)c1nc(C(=O)NC(C(=O)OCc2ccccc2)C(C)C)co1. The van der Waals surface area contributed by atoms with E-state index in [1.54, 1.807) is 0 Å². The van der Waals surface area contributed by atoms with Crippen LogP contribution in [0.15, 0.2) is 41.0 Å². The van der Waals surface area contributed by atoms with Gasteiger partial charge in [-0.15, -0.1) is 0 Å². The predicted octanol–water partition coefficient (Wildman–Crippen LogP) is 3.22. The number of aromatic nitrogens is 1. The summed E-state index contributed by atoms with van der Waals surface area (Å²) in [4.78, 5) is 29.2. The summed E-state index contributed by atoms with van der Waals surface area (Å²) >= 11 is 0. The van der Waals surface area contributed by atoms with E-state index in [0.29, 0.717) is 5.89 Å². The van der Waals surface area contributed by atoms with Gasteiger partial charge in [-0.1, -0.05) is 64.4 Å². The van der Waals surface area contributed by atoms with E-state index in [0.717, 1.165) is 12.0 Å². The second kappa shape index (κ2) is 10.0. The van der Waals surface area contributed by atoms with Gasteiger partial charge in [-0.25, -0.2) is 9.78 Å². The van der Waals surface area contributed by atoms with Crippen molar-refractivity contribution in [2.24, 2.45) is 17.6 Å². The number of nitrogens with zero attached hydrogens (tertiary/aromatic N) is 1. The average Bonchev–Trinajstić information content (AvgIpc) is 3.19. The summed E-state index contributed by atoms with van der Waals surface area (Å²) in [6.45, 7) is 7.84. The Kier molecular flexibility index (Phi) is 7.75. The van der Waals surface area contributed by atoms with Crippen molar-refractivity contribution in [2.45, 2.75) is 52.8 Å². The van der Waals surface area contributed by atoms with Crippen molar-refractivity contribution in [1.29, 1.82) is 0 Å². The molecule has 3 atom stereocenters. The molecule has 0 aliphatic carbocycles. The maximum atomic E-state index is 12.5. The van der Waals surface area contributed by atoms with E-state index in [4.69, 9.17) is 14.9 Å². The third-order valence-electron chi connectivity index (χ3n) is 4.73. The lowest BCUT2D eigenvalue weighted by atomic mass is 10.0. The normalized spacial score (nSPS) is 14.4. The number of hydrogen-bond donors (Lipinski definition) is 2. The summed E-state index contributed by atoms with van der Waals surface area (Å²) in [5, 5.41) is 2.69. The number of esters is 1. The molecular formula is C21H29N3O4. The molecule has 1 amide bonds. The second-order valence-corrected chi connectivity index (χ2v) is 7.27. The second-order valence-electron chi connectivity index (χ2n) is 7.27. The van der Waals surface area contributed by atoms with Crippen molar-refractivity contribution in [1.82, 2.24) is 10.3 Å². The fourth-order valence-corrected chi connectivity index (χ4v) is 2.57. The van der Waals surface area contributed by atoms with Gasteiger partial charge < -0.3 is 20.2 Å². The maximum absolute atomic E-state index is 12.5. The van der Waals surface area contributed by atoms with Crippen molar-refractivity contribution in [3.8, 4) is 0 Å². The molecule has 1 aromatic heterocycles. The molecule has 0 spiro atoms. The smallest absolute Gasteiger partial charge is 0.329 e. The minimum atomic E-state index is -0.792. The Bertz CT molecular complexity index is 773. The van der Waals surface area contributed by atoms with Gasteiger partial charge >= 0.3 is 5.97 Å². The minimum absolute atomic E-state index is 0.0928. The molecule has 2 aromatic rings. The fraction of sp³-hybridized carbons (Fsp3) is 0.476. The van der Waals surface area contributed by atoms with Crippen LogP contribution in [-0.2, 0) is 16.1 Å². The van der Waals surface area contributed by atoms with Gasteiger partial charge in [0.25, 0.3) is 5.91 Å². The van der Waals surface area contributed by atoms with E-state index in [1.165, 1.54) is 6.26 Å². The van der Waals surface area contributed by atoms with Gasteiger partial charge in [0.2, 0.25) is 5.89 Å². The monoisotopic (exact) mass is 387 g/mol. The van der Waals surface area contributed by atoms with Gasteiger partial charge in [-0.05, 0) is 17.4 Å². The Balaban J connectivity index is 2.00. The fourth-order valence-electron chi connectivity index (χ4n) is 2.57. The molecule has 0 fully saturated rings. The first kappa shape index (κ1) is 21.6. The zero-order chi connectivity index (χ0) is 20.7. The van der Waals surface area contributed by atoms with Crippen molar-refractivity contribution in [3.63, 3.8) is 0 Å². The van der Waals surface area contributed by atoms with Crippen LogP contribution in [0.4, 0.5) is 0 Å². The zero-order valence-electron chi connectivity index (χ0n) is 16.8. The third kappa shape index (κ3) is 5.66. The summed E-state index contributed by atoms with van der Waals surface area (Å²) in [5.41, 5.74) is 7.07. The minimum Gasteiger partial charge on any atom is -0.459 e. The number of hydrogen-bond acceptors (Lipinski definition) is 6. The molecule has 0 saturated carbocycles. The van der Waals surface area contributed by atoms with Crippen LogP contribution in [0.25, 0.3) is 0 Å². The Labute approximate surface area is 165 Å². The van der Waals surface area contributed by atoms with Crippen molar-refractivity contribution in [2.75, 3.05) is 0 Å². The highest BCUT2D eigenvalue weighted by molar-refractivity contribution is 5.95. The number of nitrogens with one attached hydrogen (secondary N) is 1. The van der Waals surface area contributed by atoms with Crippen LogP contribution in [0, 0.1) is 11.8 Å². The number of ether oxygens (including phenoxy) is 1. The summed E-state index contributed by atoms with van der Waals surface area (Å²) in [6, 6.07) is 8.19. The van der Waals surface area contributed by atoms with Gasteiger partial charge in [-0.2, -0.15) is 0 Å². The van der Waals surface area contributed by atoms with Crippen LogP contribution in [0.3, 0.4) is 0 Å². The van der Waals surface area contributed by atoms with E-state index < -0.39 is 17.9 Å². The highest BCUT2D eigenvalue weighted by Gasteiger charge is 2.28. The van der Waals surface area contributed by atoms with Crippen LogP contribution in [-0.4, -0.2) is 22.9 Å². The molecule has 152 valence electrons. The molecule has 0 bridgehead atoms. The summed E-state index contributed by atoms with van der Waals surface area (Å²) < 4.78 is 10.7. The average molecular weight is 387 g/mol. The number of nitrogens with two attached hydrogens (primary N) is 1. The van der Waals surface area contributed by atoms with Crippen molar-refractivity contribution in [3.05, 3.63) is 53.7 Å². The largest absolute Gasteiger partial charge is 0.459 e. The predicted molar refractivity (Wildman–Crippen MR) is 105 cm³/mol. The molecule has 0 radical (unpaired) electrons. The van der Waals surface area contributed by atoms with Crippen LogP contribution in [0.2, 0.25) is 0 Å². The number of rotatable bonds is 9. The Morgan fingerprint density at radius 3 is 2.50 bits per heavy atom. The first-order valence-electron chi connectivity index (χ1n) is 9.55. The molecule has 0 aliphatic heterocycles. The van der Waals surface area contributed by atoms with Gasteiger partial charge in [0.1, 0.15) is 18.9 Å². The third-order valence-corrected chi connectivity index (χ3v) is 4.73. The molecule has 3 N–H and O–H groups in total.